The highest BCUT2D eigenvalue weighted by Crippen LogP contribution is 2.45. The molecule has 0 fully saturated rings. The second-order valence-corrected chi connectivity index (χ2v) is 31.1. The van der Waals surface area contributed by atoms with Gasteiger partial charge >= 0.3 is 39.5 Å². The molecular weight excluding hydrogens is 1260 g/mol. The molecule has 0 heterocycles. The molecule has 0 saturated carbocycles. The summed E-state index contributed by atoms with van der Waals surface area (Å²) in [6.07, 6.45) is 59.7. The number of hydrogen-bond donors (Lipinski definition) is 3. The number of carbonyl (C=O) groups excluding carboxylic acids is 4. The van der Waals surface area contributed by atoms with Crippen LogP contribution in [0.25, 0.3) is 0 Å². The third-order valence-corrected chi connectivity index (χ3v) is 19.9. The van der Waals surface area contributed by atoms with Gasteiger partial charge in [-0.2, -0.15) is 0 Å². The minimum atomic E-state index is -4.96. The van der Waals surface area contributed by atoms with Crippen LogP contribution in [0.3, 0.4) is 0 Å². The number of phosphoric acid groups is 2. The van der Waals surface area contributed by atoms with Crippen LogP contribution in [0.4, 0.5) is 0 Å². The Balaban J connectivity index is 5.21. The summed E-state index contributed by atoms with van der Waals surface area (Å²) in [6.45, 7) is 7.28. The highest BCUT2D eigenvalue weighted by atomic mass is 31.2. The standard InChI is InChI=1S/C77H150O17P2/c1-6-9-12-15-18-21-23-25-27-29-31-33-37-41-46-51-56-61-75(80)88-67-73(94-76(81)62-57-52-47-42-38-34-32-30-28-26-24-22-19-16-13-10-7-2)69-92-96(85,86)90-65-71(78)64-89-95(83,84)91-68-72(66-87-74(79)60-55-50-45-20-17-14-11-8-3)93-77(82)63-58-53-48-43-39-35-36-40-44-49-54-59-70(4)5/h70-73,78H,6-69H2,1-5H3,(H,83,84)(H,85,86)/t71-,72+,73+/m0/s1. The fourth-order valence-corrected chi connectivity index (χ4v) is 13.5. The summed E-state index contributed by atoms with van der Waals surface area (Å²) < 4.78 is 68.5. The first kappa shape index (κ1) is 94.1. The number of rotatable bonds is 77. The van der Waals surface area contributed by atoms with Gasteiger partial charge in [-0.1, -0.05) is 356 Å². The van der Waals surface area contributed by atoms with Gasteiger partial charge in [-0.25, -0.2) is 9.13 Å². The van der Waals surface area contributed by atoms with E-state index in [-0.39, 0.29) is 25.7 Å². The average Bonchev–Trinajstić information content (AvgIpc) is 3.77. The summed E-state index contributed by atoms with van der Waals surface area (Å²) >= 11 is 0. The lowest BCUT2D eigenvalue weighted by atomic mass is 10.0. The van der Waals surface area contributed by atoms with Crippen LogP contribution in [-0.4, -0.2) is 96.7 Å². The molecule has 0 radical (unpaired) electrons. The van der Waals surface area contributed by atoms with Gasteiger partial charge in [0.2, 0.25) is 0 Å². The molecule has 0 aromatic heterocycles. The van der Waals surface area contributed by atoms with Crippen LogP contribution in [0.2, 0.25) is 0 Å². The lowest BCUT2D eigenvalue weighted by Gasteiger charge is -2.21. The zero-order chi connectivity index (χ0) is 70.5. The minimum Gasteiger partial charge on any atom is -0.462 e. The molecule has 0 amide bonds. The van der Waals surface area contributed by atoms with Gasteiger partial charge in [0.25, 0.3) is 0 Å². The van der Waals surface area contributed by atoms with Crippen molar-refractivity contribution in [3.8, 4) is 0 Å². The van der Waals surface area contributed by atoms with Gasteiger partial charge in [-0.15, -0.1) is 0 Å². The zero-order valence-electron chi connectivity index (χ0n) is 62.5. The van der Waals surface area contributed by atoms with Crippen LogP contribution in [0.1, 0.15) is 407 Å². The van der Waals surface area contributed by atoms with Crippen LogP contribution in [-0.2, 0) is 65.4 Å². The third kappa shape index (κ3) is 70.5. The Labute approximate surface area is 588 Å². The van der Waals surface area contributed by atoms with Crippen LogP contribution in [0, 0.1) is 5.92 Å². The first-order valence-corrected chi connectivity index (χ1v) is 43.1. The lowest BCUT2D eigenvalue weighted by Crippen LogP contribution is -2.30. The van der Waals surface area contributed by atoms with Crippen molar-refractivity contribution in [1.29, 1.82) is 0 Å². The molecule has 0 bridgehead atoms. The average molecular weight is 1410 g/mol. The molecule has 0 saturated heterocycles. The molecule has 570 valence electrons. The largest absolute Gasteiger partial charge is 0.472 e. The van der Waals surface area contributed by atoms with Gasteiger partial charge in [0, 0.05) is 25.7 Å². The predicted octanol–water partition coefficient (Wildman–Crippen LogP) is 22.9. The normalized spacial score (nSPS) is 13.9. The molecule has 0 aliphatic heterocycles. The molecule has 3 N–H and O–H groups in total. The van der Waals surface area contributed by atoms with Gasteiger partial charge in [-0.05, 0) is 31.6 Å². The van der Waals surface area contributed by atoms with E-state index in [0.29, 0.717) is 25.7 Å². The smallest absolute Gasteiger partial charge is 0.462 e. The minimum absolute atomic E-state index is 0.107. The number of esters is 4. The Kier molecular flexibility index (Phi) is 68.7. The molecule has 19 heteroatoms. The number of unbranched alkanes of at least 4 members (excludes halogenated alkanes) is 49. The Hall–Kier alpha value is -1.94. The topological polar surface area (TPSA) is 237 Å². The Morgan fingerprint density at radius 3 is 0.708 bits per heavy atom. The maximum Gasteiger partial charge on any atom is 0.472 e. The number of phosphoric ester groups is 2. The number of hydrogen-bond acceptors (Lipinski definition) is 15. The molecule has 0 aliphatic carbocycles. The van der Waals surface area contributed by atoms with Crippen molar-refractivity contribution < 1.29 is 80.2 Å². The van der Waals surface area contributed by atoms with Crippen molar-refractivity contribution in [1.82, 2.24) is 0 Å². The molecular formula is C77H150O17P2. The number of aliphatic hydroxyl groups is 1. The van der Waals surface area contributed by atoms with Crippen LogP contribution in [0.15, 0.2) is 0 Å². The maximum atomic E-state index is 13.1. The molecule has 0 rings (SSSR count). The van der Waals surface area contributed by atoms with Gasteiger partial charge in [0.15, 0.2) is 12.2 Å². The van der Waals surface area contributed by atoms with E-state index in [4.69, 9.17) is 37.0 Å². The SMILES string of the molecule is CCCCCCCCCCCCCCCCCCCC(=O)OC[C@H](COP(=O)(O)OC[C@@H](O)COP(=O)(O)OC[C@@H](COC(=O)CCCCCCCCCC)OC(=O)CCCCCCCCCCCCCC(C)C)OC(=O)CCCCCCCCCCCCCCCCCCC. The van der Waals surface area contributed by atoms with Crippen LogP contribution >= 0.6 is 15.6 Å². The molecule has 17 nitrogen and oxygen atoms in total. The van der Waals surface area contributed by atoms with E-state index in [0.717, 1.165) is 102 Å². The van der Waals surface area contributed by atoms with E-state index in [1.54, 1.807) is 0 Å². The van der Waals surface area contributed by atoms with Gasteiger partial charge in [-0.3, -0.25) is 37.3 Å². The van der Waals surface area contributed by atoms with E-state index in [2.05, 4.69) is 34.6 Å². The van der Waals surface area contributed by atoms with Gasteiger partial charge < -0.3 is 33.8 Å². The zero-order valence-corrected chi connectivity index (χ0v) is 64.3. The Morgan fingerprint density at radius 1 is 0.281 bits per heavy atom. The van der Waals surface area contributed by atoms with E-state index in [9.17, 15) is 43.2 Å². The monoisotopic (exact) mass is 1410 g/mol. The van der Waals surface area contributed by atoms with Crippen LogP contribution < -0.4 is 0 Å². The van der Waals surface area contributed by atoms with Crippen molar-refractivity contribution in [2.24, 2.45) is 5.92 Å². The van der Waals surface area contributed by atoms with E-state index in [1.165, 1.54) is 225 Å². The third-order valence-electron chi connectivity index (χ3n) is 18.0. The van der Waals surface area contributed by atoms with Crippen molar-refractivity contribution >= 4 is 39.5 Å². The van der Waals surface area contributed by atoms with Gasteiger partial charge in [0.05, 0.1) is 26.4 Å². The summed E-state index contributed by atoms with van der Waals surface area (Å²) in [5.41, 5.74) is 0. The molecule has 2 unspecified atom stereocenters. The maximum absolute atomic E-state index is 13.1. The summed E-state index contributed by atoms with van der Waals surface area (Å²) in [7, 11) is -9.91. The molecule has 5 atom stereocenters. The molecule has 0 aromatic carbocycles. The molecule has 96 heavy (non-hydrogen) atoms. The van der Waals surface area contributed by atoms with Crippen molar-refractivity contribution in [2.45, 2.75) is 425 Å². The second kappa shape index (κ2) is 70.1. The number of carbonyl (C=O) groups is 4. The van der Waals surface area contributed by atoms with Crippen molar-refractivity contribution in [3.05, 3.63) is 0 Å². The predicted molar refractivity (Wildman–Crippen MR) is 391 cm³/mol. The first-order chi connectivity index (χ1) is 46.5. The molecule has 0 aromatic rings. The second-order valence-electron chi connectivity index (χ2n) is 28.2. The quantitative estimate of drug-likeness (QED) is 0.0222. The molecule has 0 spiro atoms. The number of ether oxygens (including phenoxy) is 4. The van der Waals surface area contributed by atoms with E-state index >= 15 is 0 Å². The lowest BCUT2D eigenvalue weighted by molar-refractivity contribution is -0.161. The summed E-state index contributed by atoms with van der Waals surface area (Å²) in [5.74, 6) is -1.35. The summed E-state index contributed by atoms with van der Waals surface area (Å²) in [6, 6.07) is 0. The van der Waals surface area contributed by atoms with E-state index in [1.807, 2.05) is 0 Å². The first-order valence-electron chi connectivity index (χ1n) is 40.1. The van der Waals surface area contributed by atoms with Gasteiger partial charge in [0.1, 0.15) is 19.3 Å². The Bertz CT molecular complexity index is 1840. The highest BCUT2D eigenvalue weighted by molar-refractivity contribution is 7.47. The van der Waals surface area contributed by atoms with Crippen LogP contribution in [0.5, 0.6) is 0 Å². The summed E-state index contributed by atoms with van der Waals surface area (Å²) in [4.78, 5) is 72.8. The summed E-state index contributed by atoms with van der Waals surface area (Å²) in [5, 5.41) is 10.6. The fraction of sp³-hybridized carbons (Fsp3) is 0.948. The fourth-order valence-electron chi connectivity index (χ4n) is 11.9. The number of aliphatic hydroxyl groups excluding tert-OH is 1. The molecule has 0 aliphatic rings. The van der Waals surface area contributed by atoms with Crippen molar-refractivity contribution in [2.75, 3.05) is 39.6 Å². The Morgan fingerprint density at radius 2 is 0.479 bits per heavy atom. The van der Waals surface area contributed by atoms with E-state index < -0.39 is 97.5 Å². The highest BCUT2D eigenvalue weighted by Gasteiger charge is 2.30. The van der Waals surface area contributed by atoms with Crippen molar-refractivity contribution in [3.63, 3.8) is 0 Å².